The van der Waals surface area contributed by atoms with Gasteiger partial charge in [-0.2, -0.15) is 0 Å². The molecular weight excluding hydrogens is 422 g/mol. The number of hydrogen-bond acceptors (Lipinski definition) is 7. The molecule has 0 radical (unpaired) electrons. The molecule has 8 heteroatoms. The first-order valence-corrected chi connectivity index (χ1v) is 10.8. The van der Waals surface area contributed by atoms with Gasteiger partial charge in [0.25, 0.3) is 0 Å². The van der Waals surface area contributed by atoms with Crippen molar-refractivity contribution in [2.24, 2.45) is 0 Å². The zero-order chi connectivity index (χ0) is 23.0. The molecule has 1 aromatic rings. The van der Waals surface area contributed by atoms with Gasteiger partial charge in [0.15, 0.2) is 6.29 Å². The van der Waals surface area contributed by atoms with Crippen LogP contribution in [0.5, 0.6) is 0 Å². The van der Waals surface area contributed by atoms with Crippen molar-refractivity contribution in [3.63, 3.8) is 0 Å². The van der Waals surface area contributed by atoms with Gasteiger partial charge in [-0.05, 0) is 46.2 Å². The highest BCUT2D eigenvalue weighted by Gasteiger charge is 2.42. The summed E-state index contributed by atoms with van der Waals surface area (Å²) in [5, 5.41) is 3.56. The SMILES string of the molecule is CCOC(=O)C1=C(C)NC(C(OCC)OCC)=C(C(=O)OCC)C1c1ccccc1Cl. The number of allylic oxidation sites excluding steroid dienone is 1. The second-order valence-electron chi connectivity index (χ2n) is 6.63. The first-order valence-electron chi connectivity index (χ1n) is 10.4. The molecule has 1 N–H and O–H groups in total. The Morgan fingerprint density at radius 3 is 2.00 bits per heavy atom. The Bertz CT molecular complexity index is 857. The van der Waals surface area contributed by atoms with Crippen molar-refractivity contribution in [2.75, 3.05) is 26.4 Å². The maximum absolute atomic E-state index is 13.2. The van der Waals surface area contributed by atoms with Gasteiger partial charge in [-0.3, -0.25) is 0 Å². The van der Waals surface area contributed by atoms with Gasteiger partial charge in [-0.25, -0.2) is 9.59 Å². The summed E-state index contributed by atoms with van der Waals surface area (Å²) < 4.78 is 22.2. The zero-order valence-corrected chi connectivity index (χ0v) is 19.4. The van der Waals surface area contributed by atoms with Gasteiger partial charge in [0.1, 0.15) is 0 Å². The van der Waals surface area contributed by atoms with Gasteiger partial charge in [-0.1, -0.05) is 29.8 Å². The van der Waals surface area contributed by atoms with E-state index in [4.69, 9.17) is 30.5 Å². The number of ether oxygens (including phenoxy) is 4. The van der Waals surface area contributed by atoms with Gasteiger partial charge >= 0.3 is 11.9 Å². The maximum Gasteiger partial charge on any atom is 0.336 e. The fourth-order valence-corrected chi connectivity index (χ4v) is 3.74. The lowest BCUT2D eigenvalue weighted by molar-refractivity contribution is -0.141. The van der Waals surface area contributed by atoms with Crippen molar-refractivity contribution < 1.29 is 28.5 Å². The molecule has 1 aliphatic rings. The molecular formula is C23H30ClNO6. The van der Waals surface area contributed by atoms with Crippen LogP contribution in [-0.2, 0) is 28.5 Å². The van der Waals surface area contributed by atoms with Crippen LogP contribution in [0.3, 0.4) is 0 Å². The van der Waals surface area contributed by atoms with Gasteiger partial charge < -0.3 is 24.3 Å². The Hall–Kier alpha value is -2.35. The number of esters is 2. The third-order valence-corrected chi connectivity index (χ3v) is 5.02. The third-order valence-electron chi connectivity index (χ3n) is 4.67. The summed E-state index contributed by atoms with van der Waals surface area (Å²) >= 11 is 6.52. The monoisotopic (exact) mass is 451 g/mol. The van der Waals surface area contributed by atoms with Crippen LogP contribution in [0, 0.1) is 0 Å². The van der Waals surface area contributed by atoms with E-state index in [1.165, 1.54) is 0 Å². The average Bonchev–Trinajstić information content (AvgIpc) is 2.73. The Kier molecular flexibility index (Phi) is 9.55. The molecule has 1 atom stereocenters. The molecule has 1 heterocycles. The van der Waals surface area contributed by atoms with Crippen LogP contribution in [0.1, 0.15) is 46.1 Å². The number of carbonyl (C=O) groups excluding carboxylic acids is 2. The Labute approximate surface area is 188 Å². The minimum atomic E-state index is -0.849. The minimum absolute atomic E-state index is 0.163. The second kappa shape index (κ2) is 11.9. The van der Waals surface area contributed by atoms with Crippen molar-refractivity contribution in [3.8, 4) is 0 Å². The fraction of sp³-hybridized carbons (Fsp3) is 0.478. The van der Waals surface area contributed by atoms with Crippen molar-refractivity contribution in [1.29, 1.82) is 0 Å². The molecule has 0 aromatic heterocycles. The number of benzene rings is 1. The van der Waals surface area contributed by atoms with E-state index in [1.54, 1.807) is 45.0 Å². The molecule has 170 valence electrons. The van der Waals surface area contributed by atoms with Crippen LogP contribution in [0.25, 0.3) is 0 Å². The molecule has 0 bridgehead atoms. The Morgan fingerprint density at radius 2 is 1.48 bits per heavy atom. The van der Waals surface area contributed by atoms with Crippen LogP contribution < -0.4 is 5.32 Å². The first kappa shape index (κ1) is 24.9. The standard InChI is InChI=1S/C23H30ClNO6/c1-6-28-21(26)17-14(5)25-20(23(30-8-3)31-9-4)19(22(27)29-7-2)18(17)15-12-10-11-13-16(15)24/h10-13,18,23,25H,6-9H2,1-5H3. The van der Waals surface area contributed by atoms with Crippen LogP contribution in [0.4, 0.5) is 0 Å². The number of hydrogen-bond donors (Lipinski definition) is 1. The van der Waals surface area contributed by atoms with Gasteiger partial charge in [-0.15, -0.1) is 0 Å². The summed E-state index contributed by atoms with van der Waals surface area (Å²) in [5.74, 6) is -1.94. The molecule has 31 heavy (non-hydrogen) atoms. The number of nitrogens with one attached hydrogen (secondary N) is 1. The van der Waals surface area contributed by atoms with Gasteiger partial charge in [0.05, 0.1) is 36.0 Å². The highest BCUT2D eigenvalue weighted by atomic mass is 35.5. The van der Waals surface area contributed by atoms with E-state index in [0.717, 1.165) is 0 Å². The van der Waals surface area contributed by atoms with Crippen LogP contribution in [-0.4, -0.2) is 44.7 Å². The number of rotatable bonds is 10. The lowest BCUT2D eigenvalue weighted by Gasteiger charge is -2.34. The highest BCUT2D eigenvalue weighted by molar-refractivity contribution is 6.31. The molecule has 0 aliphatic carbocycles. The summed E-state index contributed by atoms with van der Waals surface area (Å²) in [4.78, 5) is 26.2. The highest BCUT2D eigenvalue weighted by Crippen LogP contribution is 2.42. The van der Waals surface area contributed by atoms with E-state index in [-0.39, 0.29) is 24.4 Å². The smallest absolute Gasteiger partial charge is 0.336 e. The van der Waals surface area contributed by atoms with E-state index in [9.17, 15) is 9.59 Å². The van der Waals surface area contributed by atoms with E-state index in [2.05, 4.69) is 5.32 Å². The fourth-order valence-electron chi connectivity index (χ4n) is 3.49. The second-order valence-corrected chi connectivity index (χ2v) is 7.04. The summed E-state index contributed by atoms with van der Waals surface area (Å²) in [6.45, 7) is 9.92. The molecule has 2 rings (SSSR count). The van der Waals surface area contributed by atoms with E-state index < -0.39 is 24.1 Å². The molecule has 1 aliphatic heterocycles. The molecule has 1 aromatic carbocycles. The number of dihydropyridines is 1. The maximum atomic E-state index is 13.2. The molecule has 0 spiro atoms. The summed E-state index contributed by atoms with van der Waals surface area (Å²) in [6, 6.07) is 7.07. The van der Waals surface area contributed by atoms with Crippen LogP contribution >= 0.6 is 11.6 Å². The lowest BCUT2D eigenvalue weighted by atomic mass is 9.80. The summed E-state index contributed by atoms with van der Waals surface area (Å²) in [7, 11) is 0. The van der Waals surface area contributed by atoms with Crippen molar-refractivity contribution in [1.82, 2.24) is 5.32 Å². The van der Waals surface area contributed by atoms with Gasteiger partial charge in [0, 0.05) is 23.9 Å². The molecule has 0 amide bonds. The van der Waals surface area contributed by atoms with Crippen molar-refractivity contribution >= 4 is 23.5 Å². The Morgan fingerprint density at radius 1 is 0.935 bits per heavy atom. The van der Waals surface area contributed by atoms with Crippen molar-refractivity contribution in [3.05, 3.63) is 57.4 Å². The lowest BCUT2D eigenvalue weighted by Crippen LogP contribution is -2.39. The number of halogens is 1. The topological polar surface area (TPSA) is 83.1 Å². The predicted molar refractivity (Wildman–Crippen MR) is 117 cm³/mol. The molecule has 7 nitrogen and oxygen atoms in total. The van der Waals surface area contributed by atoms with E-state index >= 15 is 0 Å². The predicted octanol–water partition coefficient (Wildman–Crippen LogP) is 4.08. The Balaban J connectivity index is 2.81. The molecule has 0 saturated heterocycles. The average molecular weight is 452 g/mol. The van der Waals surface area contributed by atoms with E-state index in [1.807, 2.05) is 13.8 Å². The molecule has 0 saturated carbocycles. The quantitative estimate of drug-likeness (QED) is 0.424. The normalized spacial score (nSPS) is 16.4. The summed E-state index contributed by atoms with van der Waals surface area (Å²) in [6.07, 6.45) is -0.849. The summed E-state index contributed by atoms with van der Waals surface area (Å²) in [5.41, 5.74) is 1.98. The zero-order valence-electron chi connectivity index (χ0n) is 18.6. The number of carbonyl (C=O) groups is 2. The minimum Gasteiger partial charge on any atom is -0.463 e. The van der Waals surface area contributed by atoms with Crippen LogP contribution in [0.15, 0.2) is 46.8 Å². The third kappa shape index (κ3) is 5.67. The van der Waals surface area contributed by atoms with E-state index in [0.29, 0.717) is 35.2 Å². The molecule has 0 fully saturated rings. The van der Waals surface area contributed by atoms with Gasteiger partial charge in [0.2, 0.25) is 0 Å². The van der Waals surface area contributed by atoms with Crippen LogP contribution in [0.2, 0.25) is 5.02 Å². The largest absolute Gasteiger partial charge is 0.463 e. The molecule has 1 unspecified atom stereocenters. The first-order chi connectivity index (χ1) is 14.9. The van der Waals surface area contributed by atoms with Crippen molar-refractivity contribution in [2.45, 2.75) is 46.8 Å².